The summed E-state index contributed by atoms with van der Waals surface area (Å²) in [7, 11) is 0. The van der Waals surface area contributed by atoms with Gasteiger partial charge in [-0.25, -0.2) is 4.79 Å². The van der Waals surface area contributed by atoms with Crippen LogP contribution in [0.1, 0.15) is 13.3 Å². The van der Waals surface area contributed by atoms with Crippen molar-refractivity contribution in [3.05, 3.63) is 0 Å². The summed E-state index contributed by atoms with van der Waals surface area (Å²) >= 11 is 0. The van der Waals surface area contributed by atoms with Crippen molar-refractivity contribution in [1.82, 2.24) is 5.32 Å². The zero-order chi connectivity index (χ0) is 9.35. The summed E-state index contributed by atoms with van der Waals surface area (Å²) in [6.45, 7) is 1.16. The minimum atomic E-state index is -3.64. The first-order valence-corrected chi connectivity index (χ1v) is 3.78. The van der Waals surface area contributed by atoms with Gasteiger partial charge in [0.15, 0.2) is 0 Å². The first kappa shape index (κ1) is 9.38. The van der Waals surface area contributed by atoms with Gasteiger partial charge >= 0.3 is 11.9 Å². The van der Waals surface area contributed by atoms with E-state index >= 15 is 0 Å². The third-order valence-electron chi connectivity index (χ3n) is 2.01. The molecule has 0 amide bonds. The van der Waals surface area contributed by atoms with Crippen LogP contribution >= 0.6 is 0 Å². The van der Waals surface area contributed by atoms with Gasteiger partial charge in [0.25, 0.3) is 0 Å². The second-order valence-electron chi connectivity index (χ2n) is 3.21. The Balaban J connectivity index is 2.25. The molecule has 12 heavy (non-hydrogen) atoms. The minimum absolute atomic E-state index is 0.0789. The Kier molecular flexibility index (Phi) is 2.32. The Labute approximate surface area is 68.8 Å². The first-order valence-electron chi connectivity index (χ1n) is 3.78. The lowest BCUT2D eigenvalue weighted by Crippen LogP contribution is -2.40. The van der Waals surface area contributed by atoms with Crippen LogP contribution in [0.3, 0.4) is 0 Å². The summed E-state index contributed by atoms with van der Waals surface area (Å²) in [6.07, 6.45) is 0.857. The molecule has 0 bridgehead atoms. The van der Waals surface area contributed by atoms with Crippen LogP contribution in [0.5, 0.6) is 0 Å². The highest BCUT2D eigenvalue weighted by atomic mass is 19.3. The molecular weight excluding hydrogens is 168 g/mol. The van der Waals surface area contributed by atoms with Gasteiger partial charge in [0.05, 0.1) is 6.54 Å². The molecule has 2 N–H and O–H groups in total. The summed E-state index contributed by atoms with van der Waals surface area (Å²) in [5, 5.41) is 10.5. The number of halogens is 2. The van der Waals surface area contributed by atoms with E-state index in [0.29, 0.717) is 5.92 Å². The largest absolute Gasteiger partial charge is 0.477 e. The van der Waals surface area contributed by atoms with Gasteiger partial charge in [-0.2, -0.15) is 8.78 Å². The lowest BCUT2D eigenvalue weighted by Gasteiger charge is -2.11. The molecule has 0 aromatic rings. The van der Waals surface area contributed by atoms with Crippen molar-refractivity contribution in [2.75, 3.05) is 6.54 Å². The predicted octanol–water partition coefficient (Wildman–Crippen LogP) is 0.704. The monoisotopic (exact) mass is 179 g/mol. The molecule has 1 saturated carbocycles. The number of rotatable bonds is 4. The molecule has 2 unspecified atom stereocenters. The molecule has 1 aliphatic rings. The number of carboxylic acid groups (broad SMARTS) is 1. The van der Waals surface area contributed by atoms with Crippen LogP contribution in [-0.4, -0.2) is 29.6 Å². The van der Waals surface area contributed by atoms with Gasteiger partial charge < -0.3 is 10.4 Å². The number of carboxylic acids is 1. The van der Waals surface area contributed by atoms with Gasteiger partial charge in [-0.1, -0.05) is 6.92 Å². The molecule has 70 valence electrons. The maximum atomic E-state index is 12.4. The average Bonchev–Trinajstić information content (AvgIpc) is 2.62. The molecule has 1 aliphatic carbocycles. The van der Waals surface area contributed by atoms with Crippen molar-refractivity contribution in [1.29, 1.82) is 0 Å². The Hall–Kier alpha value is -0.710. The average molecular weight is 179 g/mol. The van der Waals surface area contributed by atoms with Crippen molar-refractivity contribution < 1.29 is 18.7 Å². The summed E-state index contributed by atoms with van der Waals surface area (Å²) in [6, 6.07) is 0.0789. The third kappa shape index (κ3) is 2.14. The number of hydrogen-bond acceptors (Lipinski definition) is 2. The number of alkyl halides is 2. The normalized spacial score (nSPS) is 28.6. The van der Waals surface area contributed by atoms with Crippen molar-refractivity contribution in [3.8, 4) is 0 Å². The lowest BCUT2D eigenvalue weighted by atomic mass is 10.3. The fourth-order valence-corrected chi connectivity index (χ4v) is 0.941. The van der Waals surface area contributed by atoms with E-state index in [2.05, 4.69) is 5.32 Å². The molecule has 1 rings (SSSR count). The van der Waals surface area contributed by atoms with Crippen molar-refractivity contribution in [2.45, 2.75) is 25.3 Å². The van der Waals surface area contributed by atoms with Crippen LogP contribution in [-0.2, 0) is 4.79 Å². The quantitative estimate of drug-likeness (QED) is 0.668. The molecule has 0 spiro atoms. The Morgan fingerprint density at radius 1 is 1.75 bits per heavy atom. The number of hydrogen-bond donors (Lipinski definition) is 2. The van der Waals surface area contributed by atoms with Crippen LogP contribution in [0, 0.1) is 5.92 Å². The van der Waals surface area contributed by atoms with E-state index in [-0.39, 0.29) is 6.04 Å². The van der Waals surface area contributed by atoms with Gasteiger partial charge in [0, 0.05) is 6.04 Å². The predicted molar refractivity (Wildman–Crippen MR) is 38.2 cm³/mol. The Bertz CT molecular complexity index is 196. The van der Waals surface area contributed by atoms with Crippen LogP contribution in [0.2, 0.25) is 0 Å². The van der Waals surface area contributed by atoms with E-state index in [0.717, 1.165) is 6.42 Å². The molecule has 0 aromatic heterocycles. The summed E-state index contributed by atoms with van der Waals surface area (Å²) in [4.78, 5) is 9.95. The summed E-state index contributed by atoms with van der Waals surface area (Å²) in [5.41, 5.74) is 0. The standard InChI is InChI=1S/C7H11F2NO2/c1-4-2-5(4)10-3-7(8,9)6(11)12/h4-5,10H,2-3H2,1H3,(H,11,12). The van der Waals surface area contributed by atoms with Crippen LogP contribution in [0.4, 0.5) is 8.78 Å². The highest BCUT2D eigenvalue weighted by Crippen LogP contribution is 2.29. The number of aliphatic carboxylic acids is 1. The van der Waals surface area contributed by atoms with E-state index < -0.39 is 18.4 Å². The van der Waals surface area contributed by atoms with Crippen molar-refractivity contribution in [3.63, 3.8) is 0 Å². The molecule has 0 aromatic carbocycles. The van der Waals surface area contributed by atoms with Crippen LogP contribution in [0.25, 0.3) is 0 Å². The molecule has 5 heteroatoms. The second-order valence-corrected chi connectivity index (χ2v) is 3.21. The van der Waals surface area contributed by atoms with Gasteiger partial charge in [-0.05, 0) is 12.3 Å². The lowest BCUT2D eigenvalue weighted by molar-refractivity contribution is -0.164. The minimum Gasteiger partial charge on any atom is -0.477 e. The third-order valence-corrected chi connectivity index (χ3v) is 2.01. The first-order chi connectivity index (χ1) is 5.43. The molecule has 0 saturated heterocycles. The van der Waals surface area contributed by atoms with E-state index in [1.165, 1.54) is 0 Å². The van der Waals surface area contributed by atoms with E-state index in [9.17, 15) is 13.6 Å². The van der Waals surface area contributed by atoms with E-state index in [4.69, 9.17) is 5.11 Å². The van der Waals surface area contributed by atoms with Gasteiger partial charge in [-0.3, -0.25) is 0 Å². The van der Waals surface area contributed by atoms with E-state index in [1.54, 1.807) is 0 Å². The van der Waals surface area contributed by atoms with Gasteiger partial charge in [-0.15, -0.1) is 0 Å². The second kappa shape index (κ2) is 2.97. The molecule has 0 radical (unpaired) electrons. The number of carbonyl (C=O) groups is 1. The summed E-state index contributed by atoms with van der Waals surface area (Å²) < 4.78 is 24.8. The topological polar surface area (TPSA) is 49.3 Å². The van der Waals surface area contributed by atoms with E-state index in [1.807, 2.05) is 6.92 Å². The fourth-order valence-electron chi connectivity index (χ4n) is 0.941. The molecule has 1 fully saturated rings. The Morgan fingerprint density at radius 2 is 2.25 bits per heavy atom. The van der Waals surface area contributed by atoms with Crippen LogP contribution in [0.15, 0.2) is 0 Å². The SMILES string of the molecule is CC1CC1NCC(F)(F)C(=O)O. The zero-order valence-electron chi connectivity index (χ0n) is 6.68. The Morgan fingerprint density at radius 3 is 2.58 bits per heavy atom. The van der Waals surface area contributed by atoms with Gasteiger partial charge in [0.1, 0.15) is 0 Å². The van der Waals surface area contributed by atoms with Gasteiger partial charge in [0.2, 0.25) is 0 Å². The zero-order valence-corrected chi connectivity index (χ0v) is 6.68. The van der Waals surface area contributed by atoms with Crippen LogP contribution < -0.4 is 5.32 Å². The molecule has 3 nitrogen and oxygen atoms in total. The highest BCUT2D eigenvalue weighted by molar-refractivity contribution is 5.75. The molecule has 0 heterocycles. The van der Waals surface area contributed by atoms with Crippen molar-refractivity contribution in [2.24, 2.45) is 5.92 Å². The highest BCUT2D eigenvalue weighted by Gasteiger charge is 2.41. The maximum Gasteiger partial charge on any atom is 0.375 e. The summed E-state index contributed by atoms with van der Waals surface area (Å²) in [5.74, 6) is -5.31. The number of nitrogens with one attached hydrogen (secondary N) is 1. The maximum absolute atomic E-state index is 12.4. The fraction of sp³-hybridized carbons (Fsp3) is 0.857. The van der Waals surface area contributed by atoms with Crippen molar-refractivity contribution >= 4 is 5.97 Å². The molecule has 2 atom stereocenters. The molecular formula is C7H11F2NO2. The molecule has 0 aliphatic heterocycles. The smallest absolute Gasteiger partial charge is 0.375 e.